The van der Waals surface area contributed by atoms with Gasteiger partial charge in [-0.15, -0.1) is 0 Å². The van der Waals surface area contributed by atoms with Gasteiger partial charge in [-0.3, -0.25) is 0 Å². The van der Waals surface area contributed by atoms with Gasteiger partial charge in [0.2, 0.25) is 0 Å². The minimum Gasteiger partial charge on any atom is -0.327 e. The molecule has 2 aliphatic carbocycles. The van der Waals surface area contributed by atoms with Gasteiger partial charge in [0.15, 0.2) is 0 Å². The summed E-state index contributed by atoms with van der Waals surface area (Å²) in [5.41, 5.74) is 5.82. The van der Waals surface area contributed by atoms with Gasteiger partial charge in [-0.25, -0.2) is 0 Å². The van der Waals surface area contributed by atoms with E-state index in [9.17, 15) is 0 Å². The van der Waals surface area contributed by atoms with Crippen LogP contribution in [0.5, 0.6) is 0 Å². The molecule has 1 heteroatoms. The van der Waals surface area contributed by atoms with Crippen LogP contribution in [0, 0.1) is 11.8 Å². The molecule has 0 aliphatic heterocycles. The number of nitrogens with two attached hydrogens (primary N) is 1. The Kier molecular flexibility index (Phi) is 0.884. The van der Waals surface area contributed by atoms with Crippen LogP contribution in [0.1, 0.15) is 25.7 Å². The standard InChI is InChI=1S/C7H13N/c8-7-4-5-1-2-6(7)3-5/h5-7H,1-4,8H2/t5-,6-,7?/m0/s1. The molecule has 2 aliphatic rings. The lowest BCUT2D eigenvalue weighted by atomic mass is 9.96. The largest absolute Gasteiger partial charge is 0.327 e. The van der Waals surface area contributed by atoms with Crippen molar-refractivity contribution in [1.29, 1.82) is 0 Å². The van der Waals surface area contributed by atoms with Gasteiger partial charge in [0.1, 0.15) is 0 Å². The first-order chi connectivity index (χ1) is 3.86. The molecule has 2 bridgehead atoms. The van der Waals surface area contributed by atoms with Crippen LogP contribution < -0.4 is 5.73 Å². The van der Waals surface area contributed by atoms with Gasteiger partial charge in [0.05, 0.1) is 0 Å². The summed E-state index contributed by atoms with van der Waals surface area (Å²) in [5.74, 6) is 1.94. The molecule has 2 rings (SSSR count). The molecule has 0 spiro atoms. The molecule has 3 atom stereocenters. The summed E-state index contributed by atoms with van der Waals surface area (Å²) in [6.45, 7) is 0. The Labute approximate surface area is 50.3 Å². The summed E-state index contributed by atoms with van der Waals surface area (Å²) in [7, 11) is 0. The second-order valence-electron chi connectivity index (χ2n) is 3.34. The molecule has 46 valence electrons. The van der Waals surface area contributed by atoms with Crippen LogP contribution in [0.15, 0.2) is 0 Å². The van der Waals surface area contributed by atoms with Crippen molar-refractivity contribution in [3.63, 3.8) is 0 Å². The van der Waals surface area contributed by atoms with Crippen molar-refractivity contribution in [3.8, 4) is 0 Å². The molecule has 0 amide bonds. The molecule has 0 aromatic carbocycles. The maximum absolute atomic E-state index is 5.82. The molecular weight excluding hydrogens is 98.1 g/mol. The fraction of sp³-hybridized carbons (Fsp3) is 1.00. The maximum Gasteiger partial charge on any atom is 0.00699 e. The lowest BCUT2D eigenvalue weighted by Crippen LogP contribution is -2.26. The molecule has 8 heavy (non-hydrogen) atoms. The van der Waals surface area contributed by atoms with Crippen molar-refractivity contribution in [2.45, 2.75) is 31.7 Å². The van der Waals surface area contributed by atoms with Crippen molar-refractivity contribution in [3.05, 3.63) is 0 Å². The van der Waals surface area contributed by atoms with Crippen molar-refractivity contribution >= 4 is 0 Å². The molecule has 2 N–H and O–H groups in total. The SMILES string of the molecule is NC1C[C@H]2CC[C@H]1C2. The van der Waals surface area contributed by atoms with Gasteiger partial charge >= 0.3 is 0 Å². The van der Waals surface area contributed by atoms with E-state index in [2.05, 4.69) is 0 Å². The van der Waals surface area contributed by atoms with Gasteiger partial charge in [-0.2, -0.15) is 0 Å². The molecule has 1 nitrogen and oxygen atoms in total. The highest BCUT2D eigenvalue weighted by atomic mass is 14.7. The average Bonchev–Trinajstić information content (AvgIpc) is 2.23. The van der Waals surface area contributed by atoms with Crippen LogP contribution in [0.2, 0.25) is 0 Å². The third-order valence-corrected chi connectivity index (χ3v) is 2.79. The summed E-state index contributed by atoms with van der Waals surface area (Å²) in [6.07, 6.45) is 5.66. The van der Waals surface area contributed by atoms with Crippen molar-refractivity contribution in [1.82, 2.24) is 0 Å². The number of rotatable bonds is 0. The van der Waals surface area contributed by atoms with Crippen LogP contribution in [0.3, 0.4) is 0 Å². The minimum absolute atomic E-state index is 0.578. The zero-order chi connectivity index (χ0) is 5.56. The molecule has 0 radical (unpaired) electrons. The predicted octanol–water partition coefficient (Wildman–Crippen LogP) is 1.13. The average molecular weight is 111 g/mol. The Morgan fingerprint density at radius 1 is 1.12 bits per heavy atom. The van der Waals surface area contributed by atoms with Gasteiger partial charge in [-0.1, -0.05) is 6.42 Å². The van der Waals surface area contributed by atoms with E-state index in [4.69, 9.17) is 5.73 Å². The smallest absolute Gasteiger partial charge is 0.00699 e. The monoisotopic (exact) mass is 111 g/mol. The maximum atomic E-state index is 5.82. The summed E-state index contributed by atoms with van der Waals surface area (Å²) in [4.78, 5) is 0. The Hall–Kier alpha value is -0.0400. The van der Waals surface area contributed by atoms with Gasteiger partial charge in [-0.05, 0) is 31.1 Å². The Morgan fingerprint density at radius 3 is 2.25 bits per heavy atom. The summed E-state index contributed by atoms with van der Waals surface area (Å²) in [6, 6.07) is 0.578. The summed E-state index contributed by atoms with van der Waals surface area (Å²) < 4.78 is 0. The summed E-state index contributed by atoms with van der Waals surface area (Å²) >= 11 is 0. The second kappa shape index (κ2) is 1.47. The Bertz CT molecular complexity index is 98.6. The first kappa shape index (κ1) is 4.80. The zero-order valence-corrected chi connectivity index (χ0v) is 5.14. The fourth-order valence-electron chi connectivity index (χ4n) is 2.29. The Balaban J connectivity index is 2.11. The minimum atomic E-state index is 0.578. The lowest BCUT2D eigenvalue weighted by Gasteiger charge is -2.15. The molecule has 2 saturated carbocycles. The normalized spacial score (nSPS) is 52.9. The fourth-order valence-corrected chi connectivity index (χ4v) is 2.29. The van der Waals surface area contributed by atoms with Crippen LogP contribution >= 0.6 is 0 Å². The Morgan fingerprint density at radius 2 is 2.00 bits per heavy atom. The molecule has 0 aromatic rings. The summed E-state index contributed by atoms with van der Waals surface area (Å²) in [5, 5.41) is 0. The number of hydrogen-bond donors (Lipinski definition) is 1. The van der Waals surface area contributed by atoms with Gasteiger partial charge < -0.3 is 5.73 Å². The third kappa shape index (κ3) is 0.510. The van der Waals surface area contributed by atoms with Crippen molar-refractivity contribution < 1.29 is 0 Å². The number of fused-ring (bicyclic) bond motifs is 2. The van der Waals surface area contributed by atoms with Crippen LogP contribution in [0.4, 0.5) is 0 Å². The van der Waals surface area contributed by atoms with E-state index in [1.54, 1.807) is 0 Å². The molecule has 2 fully saturated rings. The van der Waals surface area contributed by atoms with E-state index in [0.717, 1.165) is 11.8 Å². The first-order valence-corrected chi connectivity index (χ1v) is 3.62. The van der Waals surface area contributed by atoms with E-state index in [0.29, 0.717) is 6.04 Å². The van der Waals surface area contributed by atoms with Crippen molar-refractivity contribution in [2.24, 2.45) is 17.6 Å². The lowest BCUT2D eigenvalue weighted by molar-refractivity contribution is 0.418. The van der Waals surface area contributed by atoms with E-state index in [1.807, 2.05) is 0 Å². The number of hydrogen-bond acceptors (Lipinski definition) is 1. The predicted molar refractivity (Wildman–Crippen MR) is 33.4 cm³/mol. The highest BCUT2D eigenvalue weighted by molar-refractivity contribution is 4.91. The van der Waals surface area contributed by atoms with Crippen LogP contribution in [-0.2, 0) is 0 Å². The quantitative estimate of drug-likeness (QED) is 0.498. The zero-order valence-electron chi connectivity index (χ0n) is 5.14. The molecule has 0 aromatic heterocycles. The highest BCUT2D eigenvalue weighted by Crippen LogP contribution is 2.43. The topological polar surface area (TPSA) is 26.0 Å². The van der Waals surface area contributed by atoms with Crippen LogP contribution in [-0.4, -0.2) is 6.04 Å². The van der Waals surface area contributed by atoms with E-state index < -0.39 is 0 Å². The van der Waals surface area contributed by atoms with Crippen molar-refractivity contribution in [2.75, 3.05) is 0 Å². The van der Waals surface area contributed by atoms with Crippen LogP contribution in [0.25, 0.3) is 0 Å². The van der Waals surface area contributed by atoms with Gasteiger partial charge in [0, 0.05) is 6.04 Å². The molecule has 1 unspecified atom stereocenters. The van der Waals surface area contributed by atoms with Gasteiger partial charge in [0.25, 0.3) is 0 Å². The van der Waals surface area contributed by atoms with E-state index >= 15 is 0 Å². The van der Waals surface area contributed by atoms with E-state index in [1.165, 1.54) is 25.7 Å². The molecular formula is C7H13N. The highest BCUT2D eigenvalue weighted by Gasteiger charge is 2.36. The first-order valence-electron chi connectivity index (χ1n) is 3.62. The second-order valence-corrected chi connectivity index (χ2v) is 3.34. The third-order valence-electron chi connectivity index (χ3n) is 2.79. The van der Waals surface area contributed by atoms with E-state index in [-0.39, 0.29) is 0 Å². The molecule has 0 saturated heterocycles. The molecule has 0 heterocycles.